The second-order valence-corrected chi connectivity index (χ2v) is 15.1. The molecular formula is C52H30F3N5O. The Balaban J connectivity index is 1.28. The minimum absolute atomic E-state index is 0.0413. The molecule has 0 N–H and O–H groups in total. The minimum Gasteiger partial charge on any atom is -0.455 e. The highest BCUT2D eigenvalue weighted by Gasteiger charge is 2.39. The maximum atomic E-state index is 16.4. The van der Waals surface area contributed by atoms with Gasteiger partial charge in [0.25, 0.3) is 0 Å². The fourth-order valence-corrected chi connectivity index (χ4v) is 9.00. The highest BCUT2D eigenvalue weighted by atomic mass is 19.4. The number of alkyl halides is 3. The van der Waals surface area contributed by atoms with Crippen molar-refractivity contribution >= 4 is 65.6 Å². The third-order valence-electron chi connectivity index (χ3n) is 11.6. The molecule has 0 radical (unpaired) electrons. The second kappa shape index (κ2) is 13.2. The first-order chi connectivity index (χ1) is 29.9. The summed E-state index contributed by atoms with van der Waals surface area (Å²) < 4.78 is 59.8. The molecule has 0 bridgehead atoms. The maximum absolute atomic E-state index is 16.4. The smallest absolute Gasteiger partial charge is 0.418 e. The summed E-state index contributed by atoms with van der Waals surface area (Å²) in [5, 5.41) is 4.37. The number of hydrogen-bond acceptors (Lipinski definition) is 4. The first-order valence-corrected chi connectivity index (χ1v) is 19.9. The third-order valence-corrected chi connectivity index (χ3v) is 11.6. The molecule has 12 rings (SSSR count). The van der Waals surface area contributed by atoms with Gasteiger partial charge in [-0.25, -0.2) is 15.0 Å². The summed E-state index contributed by atoms with van der Waals surface area (Å²) in [7, 11) is 0. The van der Waals surface area contributed by atoms with Crippen molar-refractivity contribution in [1.82, 2.24) is 24.1 Å². The van der Waals surface area contributed by atoms with E-state index < -0.39 is 11.7 Å². The lowest BCUT2D eigenvalue weighted by atomic mass is 9.99. The maximum Gasteiger partial charge on any atom is 0.418 e. The van der Waals surface area contributed by atoms with Gasteiger partial charge in [-0.2, -0.15) is 13.2 Å². The van der Waals surface area contributed by atoms with Gasteiger partial charge in [-0.05, 0) is 36.4 Å². The number of halogens is 3. The van der Waals surface area contributed by atoms with Crippen LogP contribution < -0.4 is 0 Å². The average Bonchev–Trinajstić information content (AvgIpc) is 3.97. The molecule has 0 aliphatic rings. The molecule has 0 saturated carbocycles. The van der Waals surface area contributed by atoms with E-state index in [0.29, 0.717) is 50.2 Å². The van der Waals surface area contributed by atoms with E-state index in [-0.39, 0.29) is 22.7 Å². The van der Waals surface area contributed by atoms with Gasteiger partial charge in [-0.1, -0.05) is 146 Å². The number of para-hydroxylation sites is 4. The number of hydrogen-bond donors (Lipinski definition) is 0. The van der Waals surface area contributed by atoms with Crippen LogP contribution in [0.15, 0.2) is 186 Å². The number of benzene rings is 8. The van der Waals surface area contributed by atoms with Crippen LogP contribution in [0.5, 0.6) is 0 Å². The first kappa shape index (κ1) is 35.0. The zero-order valence-electron chi connectivity index (χ0n) is 32.1. The molecule has 4 aromatic heterocycles. The Bertz CT molecular complexity index is 3630. The summed E-state index contributed by atoms with van der Waals surface area (Å²) in [6.45, 7) is 0. The Morgan fingerprint density at radius 1 is 0.443 bits per heavy atom. The summed E-state index contributed by atoms with van der Waals surface area (Å²) >= 11 is 0. The van der Waals surface area contributed by atoms with Crippen molar-refractivity contribution in [3.05, 3.63) is 188 Å². The Labute approximate surface area is 345 Å². The molecule has 8 aromatic carbocycles. The van der Waals surface area contributed by atoms with Crippen LogP contribution in [0, 0.1) is 0 Å². The average molecular weight is 798 g/mol. The van der Waals surface area contributed by atoms with Gasteiger partial charge >= 0.3 is 6.18 Å². The molecule has 0 aliphatic heterocycles. The van der Waals surface area contributed by atoms with Gasteiger partial charge in [-0.15, -0.1) is 0 Å². The fraction of sp³-hybridized carbons (Fsp3) is 0.0192. The van der Waals surface area contributed by atoms with Crippen LogP contribution in [0.25, 0.3) is 111 Å². The van der Waals surface area contributed by atoms with E-state index >= 15 is 13.2 Å². The third kappa shape index (κ3) is 5.33. The molecule has 12 aromatic rings. The summed E-state index contributed by atoms with van der Waals surface area (Å²) in [4.78, 5) is 14.6. The highest BCUT2D eigenvalue weighted by Crippen LogP contribution is 2.50. The molecule has 0 saturated heterocycles. The predicted molar refractivity (Wildman–Crippen MR) is 237 cm³/mol. The lowest BCUT2D eigenvalue weighted by molar-refractivity contribution is -0.137. The predicted octanol–water partition coefficient (Wildman–Crippen LogP) is 14.0. The lowest BCUT2D eigenvalue weighted by Crippen LogP contribution is -2.13. The van der Waals surface area contributed by atoms with E-state index in [1.807, 2.05) is 152 Å². The van der Waals surface area contributed by atoms with Crippen LogP contribution in [0.3, 0.4) is 0 Å². The van der Waals surface area contributed by atoms with Crippen LogP contribution in [0.2, 0.25) is 0 Å². The lowest BCUT2D eigenvalue weighted by Gasteiger charge is -2.20. The number of nitrogens with zero attached hydrogens (tertiary/aromatic N) is 5. The summed E-state index contributed by atoms with van der Waals surface area (Å²) in [5.74, 6) is 0.706. The standard InChI is InChI=1S/C52H30F3N5O/c53-52(54,55)40-30-39(51-57-49(31-16-4-1-5-17-31)56-50(58-51)32-18-6-2-7-19-32)48-44(38-24-12-15-27-43(38)61-48)47(40)60-42-26-14-11-23-35(42)37-29-28-36-34-22-10-13-25-41(34)59(45(36)46(37)60)33-20-8-3-9-21-33/h1-30H. The van der Waals surface area contributed by atoms with Crippen LogP contribution in [-0.4, -0.2) is 24.1 Å². The summed E-state index contributed by atoms with van der Waals surface area (Å²) in [5.41, 5.74) is 5.14. The Morgan fingerprint density at radius 2 is 0.918 bits per heavy atom. The molecular weight excluding hydrogens is 768 g/mol. The second-order valence-electron chi connectivity index (χ2n) is 15.1. The molecule has 6 nitrogen and oxygen atoms in total. The molecule has 0 atom stereocenters. The SMILES string of the molecule is FC(F)(F)c1cc(-c2nc(-c3ccccc3)nc(-c3ccccc3)n2)c2oc3ccccc3c2c1-n1c2ccccc2c2ccc3c4ccccc4n(-c4ccccc4)c3c21. The normalized spacial score (nSPS) is 12.2. The van der Waals surface area contributed by atoms with Crippen LogP contribution >= 0.6 is 0 Å². The van der Waals surface area contributed by atoms with Crippen molar-refractivity contribution in [3.8, 4) is 45.5 Å². The number of rotatable bonds is 5. The molecule has 0 fully saturated rings. The van der Waals surface area contributed by atoms with Crippen molar-refractivity contribution < 1.29 is 17.6 Å². The minimum atomic E-state index is -4.84. The molecule has 290 valence electrons. The van der Waals surface area contributed by atoms with Crippen molar-refractivity contribution in [2.75, 3.05) is 0 Å². The number of furan rings is 1. The Morgan fingerprint density at radius 3 is 1.51 bits per heavy atom. The van der Waals surface area contributed by atoms with E-state index in [0.717, 1.165) is 44.3 Å². The zero-order chi connectivity index (χ0) is 40.8. The topological polar surface area (TPSA) is 61.7 Å². The van der Waals surface area contributed by atoms with Crippen molar-refractivity contribution in [3.63, 3.8) is 0 Å². The fourth-order valence-electron chi connectivity index (χ4n) is 9.00. The summed E-state index contributed by atoms with van der Waals surface area (Å²) in [6, 6.07) is 57.0. The van der Waals surface area contributed by atoms with E-state index in [9.17, 15) is 0 Å². The van der Waals surface area contributed by atoms with Gasteiger partial charge in [0, 0.05) is 43.7 Å². The van der Waals surface area contributed by atoms with Crippen LogP contribution in [-0.2, 0) is 6.18 Å². The molecule has 4 heterocycles. The van der Waals surface area contributed by atoms with E-state index in [1.165, 1.54) is 0 Å². The monoisotopic (exact) mass is 797 g/mol. The Hall–Kier alpha value is -8.04. The first-order valence-electron chi connectivity index (χ1n) is 19.9. The van der Waals surface area contributed by atoms with Gasteiger partial charge < -0.3 is 13.6 Å². The van der Waals surface area contributed by atoms with Crippen molar-refractivity contribution in [1.29, 1.82) is 0 Å². The van der Waals surface area contributed by atoms with Crippen LogP contribution in [0.1, 0.15) is 5.56 Å². The van der Waals surface area contributed by atoms with Gasteiger partial charge in [0.05, 0.1) is 44.3 Å². The molecule has 0 unspecified atom stereocenters. The molecule has 0 aliphatic carbocycles. The quantitative estimate of drug-likeness (QED) is 0.174. The van der Waals surface area contributed by atoms with Gasteiger partial charge in [0.1, 0.15) is 11.2 Å². The van der Waals surface area contributed by atoms with Crippen LogP contribution in [0.4, 0.5) is 13.2 Å². The molecule has 0 amide bonds. The van der Waals surface area contributed by atoms with Crippen molar-refractivity contribution in [2.24, 2.45) is 0 Å². The van der Waals surface area contributed by atoms with Gasteiger partial charge in [0.2, 0.25) is 0 Å². The molecule has 9 heteroatoms. The highest BCUT2D eigenvalue weighted by molar-refractivity contribution is 6.25. The van der Waals surface area contributed by atoms with E-state index in [2.05, 4.69) is 22.8 Å². The van der Waals surface area contributed by atoms with Gasteiger partial charge in [-0.3, -0.25) is 0 Å². The van der Waals surface area contributed by atoms with Gasteiger partial charge in [0.15, 0.2) is 17.5 Å². The molecule has 61 heavy (non-hydrogen) atoms. The number of aromatic nitrogens is 5. The van der Waals surface area contributed by atoms with Crippen molar-refractivity contribution in [2.45, 2.75) is 6.18 Å². The van der Waals surface area contributed by atoms with E-state index in [1.54, 1.807) is 10.6 Å². The largest absolute Gasteiger partial charge is 0.455 e. The van der Waals surface area contributed by atoms with E-state index in [4.69, 9.17) is 19.4 Å². The Kier molecular flexibility index (Phi) is 7.59. The number of fused-ring (bicyclic) bond motifs is 10. The zero-order valence-corrected chi connectivity index (χ0v) is 32.1. The summed E-state index contributed by atoms with van der Waals surface area (Å²) in [6.07, 6.45) is -4.84. The molecule has 0 spiro atoms.